The topological polar surface area (TPSA) is 93.7 Å². The number of H-pyrrole nitrogens is 1. The van der Waals surface area contributed by atoms with E-state index in [1.54, 1.807) is 38.1 Å². The molecule has 0 saturated heterocycles. The van der Waals surface area contributed by atoms with Gasteiger partial charge in [-0.15, -0.1) is 0 Å². The van der Waals surface area contributed by atoms with Crippen molar-refractivity contribution in [2.75, 3.05) is 20.3 Å². The number of phenols is 1. The van der Waals surface area contributed by atoms with Crippen LogP contribution in [0.5, 0.6) is 17.2 Å². The fourth-order valence-corrected chi connectivity index (χ4v) is 3.67. The molecule has 0 spiro atoms. The van der Waals surface area contributed by atoms with Gasteiger partial charge in [-0.05, 0) is 42.7 Å². The Morgan fingerprint density at radius 2 is 1.73 bits per heavy atom. The third-order valence-corrected chi connectivity index (χ3v) is 5.34. The molecule has 1 heterocycles. The van der Waals surface area contributed by atoms with Gasteiger partial charge in [-0.25, -0.2) is 4.98 Å². The van der Waals surface area contributed by atoms with E-state index in [0.29, 0.717) is 64.7 Å². The average Bonchev–Trinajstić information content (AvgIpc) is 2.81. The van der Waals surface area contributed by atoms with E-state index >= 15 is 0 Å². The Hall–Kier alpha value is -3.84. The molecular weight excluding hydrogens is 420 g/mol. The first-order chi connectivity index (χ1) is 16.0. The molecule has 0 saturated carbocycles. The van der Waals surface area contributed by atoms with E-state index in [9.17, 15) is 9.90 Å². The van der Waals surface area contributed by atoms with Crippen molar-refractivity contribution in [2.24, 2.45) is 0 Å². The SMILES string of the molecule is COc1cc(OCCOCc2ccccc2)cc2nc(-c3cc(C)c(O)c(C)c3)[nH]c(=O)c12. The quantitative estimate of drug-likeness (QED) is 0.387. The van der Waals surface area contributed by atoms with E-state index in [0.717, 1.165) is 5.56 Å². The Labute approximate surface area is 191 Å². The predicted octanol–water partition coefficient (Wildman–Crippen LogP) is 4.52. The summed E-state index contributed by atoms with van der Waals surface area (Å²) < 4.78 is 16.9. The molecule has 3 aromatic carbocycles. The molecule has 4 rings (SSSR count). The molecule has 2 N–H and O–H groups in total. The molecule has 0 radical (unpaired) electrons. The van der Waals surface area contributed by atoms with E-state index in [1.165, 1.54) is 7.11 Å². The van der Waals surface area contributed by atoms with Crippen LogP contribution in [0.15, 0.2) is 59.4 Å². The molecule has 0 bridgehead atoms. The van der Waals surface area contributed by atoms with Crippen LogP contribution in [-0.2, 0) is 11.3 Å². The number of benzene rings is 3. The maximum Gasteiger partial charge on any atom is 0.262 e. The highest BCUT2D eigenvalue weighted by Crippen LogP contribution is 2.31. The van der Waals surface area contributed by atoms with Gasteiger partial charge < -0.3 is 24.3 Å². The summed E-state index contributed by atoms with van der Waals surface area (Å²) in [4.78, 5) is 20.3. The fourth-order valence-electron chi connectivity index (χ4n) is 3.67. The van der Waals surface area contributed by atoms with Gasteiger partial charge in [0.1, 0.15) is 35.1 Å². The largest absolute Gasteiger partial charge is 0.507 e. The first-order valence-corrected chi connectivity index (χ1v) is 10.6. The zero-order valence-electron chi connectivity index (χ0n) is 18.8. The van der Waals surface area contributed by atoms with Crippen molar-refractivity contribution >= 4 is 10.9 Å². The summed E-state index contributed by atoms with van der Waals surface area (Å²) >= 11 is 0. The number of aromatic hydroxyl groups is 1. The number of fused-ring (bicyclic) bond motifs is 1. The third kappa shape index (κ3) is 4.99. The van der Waals surface area contributed by atoms with E-state index < -0.39 is 0 Å². The number of hydrogen-bond acceptors (Lipinski definition) is 6. The van der Waals surface area contributed by atoms with Crippen LogP contribution >= 0.6 is 0 Å². The molecule has 7 heteroatoms. The van der Waals surface area contributed by atoms with Gasteiger partial charge in [-0.3, -0.25) is 4.79 Å². The molecule has 33 heavy (non-hydrogen) atoms. The second kappa shape index (κ2) is 9.75. The van der Waals surface area contributed by atoms with Crippen LogP contribution in [0, 0.1) is 13.8 Å². The van der Waals surface area contributed by atoms with Gasteiger partial charge in [0, 0.05) is 17.7 Å². The van der Waals surface area contributed by atoms with Gasteiger partial charge in [-0.1, -0.05) is 30.3 Å². The van der Waals surface area contributed by atoms with Gasteiger partial charge in [0.15, 0.2) is 0 Å². The van der Waals surface area contributed by atoms with E-state index in [2.05, 4.69) is 9.97 Å². The van der Waals surface area contributed by atoms with E-state index in [1.807, 2.05) is 30.3 Å². The molecule has 0 unspecified atom stereocenters. The molecular formula is C26H26N2O5. The van der Waals surface area contributed by atoms with Crippen LogP contribution in [0.1, 0.15) is 16.7 Å². The van der Waals surface area contributed by atoms with Crippen molar-refractivity contribution in [2.45, 2.75) is 20.5 Å². The summed E-state index contributed by atoms with van der Waals surface area (Å²) in [7, 11) is 1.50. The highest BCUT2D eigenvalue weighted by Gasteiger charge is 2.14. The first kappa shape index (κ1) is 22.4. The number of hydrogen-bond donors (Lipinski definition) is 2. The minimum absolute atomic E-state index is 0.230. The Bertz CT molecular complexity index is 1310. The number of ether oxygens (including phenoxy) is 3. The van der Waals surface area contributed by atoms with Crippen LogP contribution in [0.3, 0.4) is 0 Å². The number of nitrogens with one attached hydrogen (secondary N) is 1. The summed E-state index contributed by atoms with van der Waals surface area (Å²) in [6.45, 7) is 4.87. The van der Waals surface area contributed by atoms with Gasteiger partial charge in [0.05, 0.1) is 25.8 Å². The van der Waals surface area contributed by atoms with Crippen LogP contribution in [-0.4, -0.2) is 35.4 Å². The summed E-state index contributed by atoms with van der Waals surface area (Å²) in [5, 5.41) is 10.4. The molecule has 0 aliphatic carbocycles. The maximum atomic E-state index is 12.8. The lowest BCUT2D eigenvalue weighted by Crippen LogP contribution is -2.12. The molecule has 170 valence electrons. The summed E-state index contributed by atoms with van der Waals surface area (Å²) in [6.07, 6.45) is 0. The number of nitrogens with zero attached hydrogens (tertiary/aromatic N) is 1. The Balaban J connectivity index is 1.56. The van der Waals surface area contributed by atoms with Crippen LogP contribution in [0.2, 0.25) is 0 Å². The maximum absolute atomic E-state index is 12.8. The minimum Gasteiger partial charge on any atom is -0.507 e. The molecule has 0 atom stereocenters. The van der Waals surface area contributed by atoms with Crippen molar-refractivity contribution in [3.8, 4) is 28.6 Å². The molecule has 4 aromatic rings. The van der Waals surface area contributed by atoms with Gasteiger partial charge in [0.25, 0.3) is 5.56 Å². The standard InChI is InChI=1S/C26H26N2O5/c1-16-11-19(12-17(2)24(16)29)25-27-21-13-20(14-22(31-3)23(21)26(30)28-25)33-10-9-32-15-18-7-5-4-6-8-18/h4-8,11-14,29H,9-10,15H2,1-3H3,(H,27,28,30). The summed E-state index contributed by atoms with van der Waals surface area (Å²) in [5.74, 6) is 1.55. The number of aromatic amines is 1. The summed E-state index contributed by atoms with van der Waals surface area (Å²) in [6, 6.07) is 16.9. The lowest BCUT2D eigenvalue weighted by molar-refractivity contribution is 0.0889. The predicted molar refractivity (Wildman–Crippen MR) is 127 cm³/mol. The van der Waals surface area contributed by atoms with Gasteiger partial charge >= 0.3 is 0 Å². The first-order valence-electron chi connectivity index (χ1n) is 10.6. The molecule has 1 aromatic heterocycles. The molecule has 7 nitrogen and oxygen atoms in total. The second-order valence-corrected chi connectivity index (χ2v) is 7.78. The third-order valence-electron chi connectivity index (χ3n) is 5.34. The van der Waals surface area contributed by atoms with Crippen LogP contribution < -0.4 is 15.0 Å². The molecule has 0 amide bonds. The Morgan fingerprint density at radius 3 is 2.42 bits per heavy atom. The highest BCUT2D eigenvalue weighted by atomic mass is 16.5. The van der Waals surface area contributed by atoms with E-state index in [-0.39, 0.29) is 11.3 Å². The average molecular weight is 447 g/mol. The monoisotopic (exact) mass is 446 g/mol. The number of methoxy groups -OCH3 is 1. The number of aryl methyl sites for hydroxylation is 2. The smallest absolute Gasteiger partial charge is 0.262 e. The number of rotatable bonds is 8. The van der Waals surface area contributed by atoms with Crippen molar-refractivity contribution in [3.63, 3.8) is 0 Å². The van der Waals surface area contributed by atoms with Crippen molar-refractivity contribution in [1.29, 1.82) is 0 Å². The van der Waals surface area contributed by atoms with Crippen LogP contribution in [0.4, 0.5) is 0 Å². The molecule has 0 aliphatic heterocycles. The van der Waals surface area contributed by atoms with Crippen molar-refractivity contribution in [3.05, 3.63) is 81.6 Å². The molecule has 0 aliphatic rings. The summed E-state index contributed by atoms with van der Waals surface area (Å²) in [5.41, 5.74) is 3.36. The molecule has 0 fully saturated rings. The zero-order valence-corrected chi connectivity index (χ0v) is 18.8. The van der Waals surface area contributed by atoms with Gasteiger partial charge in [0.2, 0.25) is 0 Å². The Morgan fingerprint density at radius 1 is 1.00 bits per heavy atom. The minimum atomic E-state index is -0.312. The van der Waals surface area contributed by atoms with Gasteiger partial charge in [-0.2, -0.15) is 0 Å². The lowest BCUT2D eigenvalue weighted by Gasteiger charge is -2.12. The number of aromatic nitrogens is 2. The van der Waals surface area contributed by atoms with E-state index in [4.69, 9.17) is 14.2 Å². The lowest BCUT2D eigenvalue weighted by atomic mass is 10.0. The highest BCUT2D eigenvalue weighted by molar-refractivity contribution is 5.87. The Kier molecular flexibility index (Phi) is 6.60. The van der Waals surface area contributed by atoms with Crippen LogP contribution in [0.25, 0.3) is 22.3 Å². The fraction of sp³-hybridized carbons (Fsp3) is 0.231. The number of phenolic OH excluding ortho intramolecular Hbond substituents is 1. The second-order valence-electron chi connectivity index (χ2n) is 7.78. The zero-order chi connectivity index (χ0) is 23.4. The van der Waals surface area contributed by atoms with Crippen molar-refractivity contribution in [1.82, 2.24) is 9.97 Å². The normalized spacial score (nSPS) is 11.0. The van der Waals surface area contributed by atoms with Crippen molar-refractivity contribution < 1.29 is 19.3 Å².